The number of likely N-dealkylation sites (tertiary alicyclic amines) is 1. The minimum absolute atomic E-state index is 0.198. The van der Waals surface area contributed by atoms with E-state index in [0.717, 1.165) is 19.4 Å². The Labute approximate surface area is 121 Å². The molecule has 2 rings (SSSR count). The third kappa shape index (κ3) is 3.53. The molecule has 1 amide bonds. The average Bonchev–Trinajstić information content (AvgIpc) is 2.88. The summed E-state index contributed by atoms with van der Waals surface area (Å²) in [6.45, 7) is 5.29. The number of rotatable bonds is 4. The number of carbonyl (C=O) groups excluding carboxylic acids is 1. The van der Waals surface area contributed by atoms with Gasteiger partial charge in [0.25, 0.3) is 0 Å². The van der Waals surface area contributed by atoms with Crippen molar-refractivity contribution in [1.29, 1.82) is 0 Å². The van der Waals surface area contributed by atoms with Crippen molar-refractivity contribution in [2.75, 3.05) is 6.54 Å². The molecule has 0 spiro atoms. The summed E-state index contributed by atoms with van der Waals surface area (Å²) in [5.74, 6) is 0.729. The molecule has 2 atom stereocenters. The molecule has 1 aromatic carbocycles. The number of amides is 1. The predicted octanol–water partition coefficient (Wildman–Crippen LogP) is 3.17. The number of thiol groups is 1. The van der Waals surface area contributed by atoms with E-state index in [2.05, 4.69) is 38.6 Å². The number of carbonyl (C=O) groups is 1. The van der Waals surface area contributed by atoms with E-state index in [4.69, 9.17) is 0 Å². The van der Waals surface area contributed by atoms with Crippen LogP contribution in [0.1, 0.15) is 32.3 Å². The summed E-state index contributed by atoms with van der Waals surface area (Å²) >= 11 is 4.53. The van der Waals surface area contributed by atoms with Crippen LogP contribution >= 0.6 is 12.6 Å². The molecule has 0 aliphatic carbocycles. The van der Waals surface area contributed by atoms with Crippen LogP contribution in [0.3, 0.4) is 0 Å². The number of nitrogens with zero attached hydrogens (tertiary/aromatic N) is 1. The van der Waals surface area contributed by atoms with E-state index < -0.39 is 0 Å². The van der Waals surface area contributed by atoms with E-state index >= 15 is 0 Å². The van der Waals surface area contributed by atoms with E-state index in [1.807, 2.05) is 23.1 Å². The van der Waals surface area contributed by atoms with Gasteiger partial charge in [0.1, 0.15) is 0 Å². The molecule has 2 nitrogen and oxygen atoms in total. The molecule has 0 bridgehead atoms. The summed E-state index contributed by atoms with van der Waals surface area (Å²) < 4.78 is 0. The molecule has 104 valence electrons. The smallest absolute Gasteiger partial charge is 0.236 e. The van der Waals surface area contributed by atoms with Gasteiger partial charge in [-0.3, -0.25) is 4.79 Å². The molecule has 3 heteroatoms. The Kier molecular flexibility index (Phi) is 4.92. The highest BCUT2D eigenvalue weighted by atomic mass is 32.1. The maximum atomic E-state index is 12.5. The van der Waals surface area contributed by atoms with E-state index in [1.54, 1.807) is 0 Å². The monoisotopic (exact) mass is 277 g/mol. The lowest BCUT2D eigenvalue weighted by Crippen LogP contribution is -2.43. The zero-order valence-corrected chi connectivity index (χ0v) is 12.6. The van der Waals surface area contributed by atoms with Gasteiger partial charge in [-0.15, -0.1) is 0 Å². The quantitative estimate of drug-likeness (QED) is 0.838. The second-order valence-corrected chi connectivity index (χ2v) is 6.31. The van der Waals surface area contributed by atoms with Crippen LogP contribution in [0, 0.1) is 5.92 Å². The SMILES string of the molecule is CC(C)C1CCCN1C(=O)C(S)Cc1ccccc1. The van der Waals surface area contributed by atoms with Crippen molar-refractivity contribution in [2.45, 2.75) is 44.4 Å². The van der Waals surface area contributed by atoms with Gasteiger partial charge in [0.2, 0.25) is 5.91 Å². The van der Waals surface area contributed by atoms with Crippen LogP contribution in [0.5, 0.6) is 0 Å². The fourth-order valence-electron chi connectivity index (χ4n) is 2.88. The molecule has 0 radical (unpaired) electrons. The minimum Gasteiger partial charge on any atom is -0.338 e. The second kappa shape index (κ2) is 6.47. The van der Waals surface area contributed by atoms with E-state index in [0.29, 0.717) is 18.4 Å². The maximum Gasteiger partial charge on any atom is 0.236 e. The first kappa shape index (κ1) is 14.4. The fraction of sp³-hybridized carbons (Fsp3) is 0.562. The van der Waals surface area contributed by atoms with E-state index in [-0.39, 0.29) is 11.2 Å². The predicted molar refractivity (Wildman–Crippen MR) is 82.5 cm³/mol. The molecule has 1 aliphatic rings. The van der Waals surface area contributed by atoms with E-state index in [9.17, 15) is 4.79 Å². The lowest BCUT2D eigenvalue weighted by Gasteiger charge is -2.29. The van der Waals surface area contributed by atoms with Crippen LogP contribution in [0.4, 0.5) is 0 Å². The molecule has 1 aliphatic heterocycles. The van der Waals surface area contributed by atoms with Crippen LogP contribution in [0.15, 0.2) is 30.3 Å². The molecule has 0 aromatic heterocycles. The van der Waals surface area contributed by atoms with Crippen molar-refractivity contribution in [3.8, 4) is 0 Å². The Balaban J connectivity index is 1.99. The molecule has 1 heterocycles. The largest absolute Gasteiger partial charge is 0.338 e. The lowest BCUT2D eigenvalue weighted by molar-refractivity contribution is -0.132. The van der Waals surface area contributed by atoms with Crippen LogP contribution in [-0.2, 0) is 11.2 Å². The molecular weight excluding hydrogens is 254 g/mol. The van der Waals surface area contributed by atoms with Crippen LogP contribution in [0.25, 0.3) is 0 Å². The van der Waals surface area contributed by atoms with Crippen molar-refractivity contribution < 1.29 is 4.79 Å². The maximum absolute atomic E-state index is 12.5. The van der Waals surface area contributed by atoms with Crippen LogP contribution < -0.4 is 0 Å². The molecule has 0 saturated carbocycles. The second-order valence-electron chi connectivity index (χ2n) is 5.69. The molecular formula is C16H23NOS. The summed E-state index contributed by atoms with van der Waals surface area (Å²) in [6.07, 6.45) is 2.97. The summed E-state index contributed by atoms with van der Waals surface area (Å²) in [4.78, 5) is 14.6. The molecule has 1 fully saturated rings. The molecule has 0 N–H and O–H groups in total. The Morgan fingerprint density at radius 2 is 2.05 bits per heavy atom. The van der Waals surface area contributed by atoms with Gasteiger partial charge in [-0.2, -0.15) is 12.6 Å². The zero-order valence-electron chi connectivity index (χ0n) is 11.7. The van der Waals surface area contributed by atoms with Crippen LogP contribution in [-0.4, -0.2) is 28.6 Å². The van der Waals surface area contributed by atoms with Gasteiger partial charge in [-0.25, -0.2) is 0 Å². The summed E-state index contributed by atoms with van der Waals surface area (Å²) in [7, 11) is 0. The Hall–Kier alpha value is -0.960. The van der Waals surface area contributed by atoms with Gasteiger partial charge in [-0.1, -0.05) is 44.2 Å². The highest BCUT2D eigenvalue weighted by Crippen LogP contribution is 2.25. The van der Waals surface area contributed by atoms with E-state index in [1.165, 1.54) is 5.56 Å². The third-order valence-electron chi connectivity index (χ3n) is 3.91. The van der Waals surface area contributed by atoms with Crippen molar-refractivity contribution in [3.05, 3.63) is 35.9 Å². The first-order valence-corrected chi connectivity index (χ1v) is 7.63. The Morgan fingerprint density at radius 3 is 2.68 bits per heavy atom. The first-order chi connectivity index (χ1) is 9.09. The van der Waals surface area contributed by atoms with Crippen molar-refractivity contribution >= 4 is 18.5 Å². The molecule has 2 unspecified atom stereocenters. The average molecular weight is 277 g/mol. The topological polar surface area (TPSA) is 20.3 Å². The van der Waals surface area contributed by atoms with Crippen molar-refractivity contribution in [3.63, 3.8) is 0 Å². The first-order valence-electron chi connectivity index (χ1n) is 7.12. The lowest BCUT2D eigenvalue weighted by atomic mass is 10.0. The molecule has 1 saturated heterocycles. The van der Waals surface area contributed by atoms with Crippen molar-refractivity contribution in [1.82, 2.24) is 4.90 Å². The Morgan fingerprint density at radius 1 is 1.37 bits per heavy atom. The van der Waals surface area contributed by atoms with Gasteiger partial charge < -0.3 is 4.90 Å². The highest BCUT2D eigenvalue weighted by molar-refractivity contribution is 7.81. The number of hydrogen-bond donors (Lipinski definition) is 1. The summed E-state index contributed by atoms with van der Waals surface area (Å²) in [5, 5.41) is -0.221. The number of hydrogen-bond acceptors (Lipinski definition) is 2. The summed E-state index contributed by atoms with van der Waals surface area (Å²) in [5.41, 5.74) is 1.18. The third-order valence-corrected chi connectivity index (χ3v) is 4.31. The highest BCUT2D eigenvalue weighted by Gasteiger charge is 2.33. The normalized spacial score (nSPS) is 20.8. The minimum atomic E-state index is -0.221. The fourth-order valence-corrected chi connectivity index (χ4v) is 3.23. The van der Waals surface area contributed by atoms with Gasteiger partial charge in [0.05, 0.1) is 5.25 Å². The van der Waals surface area contributed by atoms with Gasteiger partial charge >= 0.3 is 0 Å². The molecule has 19 heavy (non-hydrogen) atoms. The van der Waals surface area contributed by atoms with Gasteiger partial charge in [-0.05, 0) is 30.7 Å². The van der Waals surface area contributed by atoms with Gasteiger partial charge in [0, 0.05) is 12.6 Å². The number of benzene rings is 1. The van der Waals surface area contributed by atoms with Gasteiger partial charge in [0.15, 0.2) is 0 Å². The molecule has 1 aromatic rings. The van der Waals surface area contributed by atoms with Crippen LogP contribution in [0.2, 0.25) is 0 Å². The summed E-state index contributed by atoms with van der Waals surface area (Å²) in [6, 6.07) is 10.5. The van der Waals surface area contributed by atoms with Crippen molar-refractivity contribution in [2.24, 2.45) is 5.92 Å². The zero-order chi connectivity index (χ0) is 13.8. The standard InChI is InChI=1S/C16H23NOS/c1-12(2)14-9-6-10-17(14)16(18)15(19)11-13-7-4-3-5-8-13/h3-5,7-8,12,14-15,19H,6,9-11H2,1-2H3. The Bertz CT molecular complexity index is 418.